The third-order valence-corrected chi connectivity index (χ3v) is 5.86. The quantitative estimate of drug-likeness (QED) is 0.369. The summed E-state index contributed by atoms with van der Waals surface area (Å²) < 4.78 is 0. The summed E-state index contributed by atoms with van der Waals surface area (Å²) >= 11 is 0. The molecule has 2 heterocycles. The van der Waals surface area contributed by atoms with Gasteiger partial charge in [0, 0.05) is 22.6 Å². The Bertz CT molecular complexity index is 1270. The predicted molar refractivity (Wildman–Crippen MR) is 120 cm³/mol. The van der Waals surface area contributed by atoms with Gasteiger partial charge in [-0.2, -0.15) is 5.11 Å². The van der Waals surface area contributed by atoms with Gasteiger partial charge in [0.25, 0.3) is 0 Å². The Morgan fingerprint density at radius 3 is 2.31 bits per heavy atom. The minimum absolute atomic E-state index is 0.0211. The molecule has 0 fully saturated rings. The Morgan fingerprint density at radius 1 is 0.724 bits per heavy atom. The van der Waals surface area contributed by atoms with Crippen LogP contribution in [-0.2, 0) is 0 Å². The van der Waals surface area contributed by atoms with Crippen LogP contribution in [-0.4, -0.2) is 6.85 Å². The number of nitrogens with one attached hydrogen (secondary N) is 2. The highest BCUT2D eigenvalue weighted by atomic mass is 15.2. The third-order valence-electron chi connectivity index (χ3n) is 5.86. The topological polar surface area (TPSA) is 51.5 Å². The van der Waals surface area contributed by atoms with E-state index in [-0.39, 0.29) is 6.85 Å². The molecule has 136 valence electrons. The molecule has 0 spiro atoms. The van der Waals surface area contributed by atoms with Gasteiger partial charge in [-0.25, -0.2) is 5.53 Å². The summed E-state index contributed by atoms with van der Waals surface area (Å²) in [4.78, 5) is 2.34. The summed E-state index contributed by atoms with van der Waals surface area (Å²) in [5, 5.41) is 7.46. The number of rotatable bonds is 2. The molecule has 4 aromatic carbocycles. The van der Waals surface area contributed by atoms with Crippen molar-refractivity contribution in [1.82, 2.24) is 0 Å². The van der Waals surface area contributed by atoms with Gasteiger partial charge in [-0.15, -0.1) is 0 Å². The average molecular weight is 372 g/mol. The van der Waals surface area contributed by atoms with Crippen molar-refractivity contribution in [2.75, 3.05) is 10.1 Å². The van der Waals surface area contributed by atoms with Gasteiger partial charge in [-0.1, -0.05) is 60.7 Å². The smallest absolute Gasteiger partial charge is 0.325 e. The van der Waals surface area contributed by atoms with Gasteiger partial charge in [0.15, 0.2) is 0 Å². The van der Waals surface area contributed by atoms with Crippen LogP contribution < -0.4 is 21.1 Å². The fourth-order valence-corrected chi connectivity index (χ4v) is 4.67. The van der Waals surface area contributed by atoms with Crippen molar-refractivity contribution < 1.29 is 0 Å². The van der Waals surface area contributed by atoms with Crippen LogP contribution in [0.5, 0.6) is 0 Å². The molecule has 5 heteroatoms. The second-order valence-electron chi connectivity index (χ2n) is 7.36. The van der Waals surface area contributed by atoms with Gasteiger partial charge >= 0.3 is 6.85 Å². The van der Waals surface area contributed by atoms with E-state index in [1.807, 2.05) is 18.2 Å². The molecule has 0 radical (unpaired) electrons. The second kappa shape index (κ2) is 6.07. The summed E-state index contributed by atoms with van der Waals surface area (Å²) in [5.74, 6) is 0. The van der Waals surface area contributed by atoms with Crippen LogP contribution in [0.1, 0.15) is 0 Å². The Balaban J connectivity index is 1.70. The highest BCUT2D eigenvalue weighted by molar-refractivity contribution is 6.92. The molecule has 0 unspecified atom stereocenters. The van der Waals surface area contributed by atoms with Crippen LogP contribution in [0.15, 0.2) is 96.1 Å². The van der Waals surface area contributed by atoms with Gasteiger partial charge < -0.3 is 10.1 Å². The minimum atomic E-state index is 0.0211. The van der Waals surface area contributed by atoms with E-state index in [0.29, 0.717) is 5.69 Å². The lowest BCUT2D eigenvalue weighted by molar-refractivity contribution is 1.15. The molecule has 0 amide bonds. The maximum atomic E-state index is 7.61. The lowest BCUT2D eigenvalue weighted by Crippen LogP contribution is -2.57. The SMILES string of the molecule is N=Nc1cccc2c1NB1c3ccccc3N(c3ccccc3)c3cccc-2c31. The van der Waals surface area contributed by atoms with E-state index in [0.717, 1.165) is 16.9 Å². The van der Waals surface area contributed by atoms with Crippen molar-refractivity contribution in [3.05, 3.63) is 91.0 Å². The molecule has 6 rings (SSSR count). The van der Waals surface area contributed by atoms with Gasteiger partial charge in [-0.05, 0) is 46.8 Å². The molecule has 4 aromatic rings. The molecule has 0 saturated carbocycles. The molecule has 0 aromatic heterocycles. The normalized spacial score (nSPS) is 13.1. The third kappa shape index (κ3) is 2.21. The first-order valence-electron chi connectivity index (χ1n) is 9.71. The number of hydrogen-bond acceptors (Lipinski definition) is 4. The molecule has 0 aliphatic carbocycles. The molecule has 0 atom stereocenters. The number of para-hydroxylation sites is 3. The van der Waals surface area contributed by atoms with E-state index in [1.54, 1.807) is 0 Å². The Labute approximate surface area is 169 Å². The van der Waals surface area contributed by atoms with Crippen LogP contribution >= 0.6 is 0 Å². The van der Waals surface area contributed by atoms with Crippen LogP contribution in [0.3, 0.4) is 0 Å². The largest absolute Gasteiger partial charge is 0.418 e. The molecular formula is C24H17BN4. The van der Waals surface area contributed by atoms with E-state index in [9.17, 15) is 0 Å². The number of fused-ring (bicyclic) bond motifs is 4. The molecule has 0 bridgehead atoms. The van der Waals surface area contributed by atoms with E-state index in [2.05, 4.69) is 88.0 Å². The van der Waals surface area contributed by atoms with Gasteiger partial charge in [-0.3, -0.25) is 0 Å². The van der Waals surface area contributed by atoms with Gasteiger partial charge in [0.2, 0.25) is 0 Å². The summed E-state index contributed by atoms with van der Waals surface area (Å²) in [6, 6.07) is 31.5. The molecule has 2 aliphatic heterocycles. The van der Waals surface area contributed by atoms with Crippen LogP contribution in [0.2, 0.25) is 0 Å². The molecular weight excluding hydrogens is 355 g/mol. The number of anilines is 4. The standard InChI is InChI=1S/C24H17BN4/c26-28-20-13-6-11-18-17-10-7-15-22-23(17)25(27-24(18)20)19-12-4-5-14-21(19)29(22)16-8-2-1-3-9-16/h1-15,26-27H. The van der Waals surface area contributed by atoms with Crippen molar-refractivity contribution in [2.45, 2.75) is 0 Å². The summed E-state index contributed by atoms with van der Waals surface area (Å²) in [7, 11) is 0. The Hall–Kier alpha value is -3.86. The first-order valence-corrected chi connectivity index (χ1v) is 9.71. The summed E-state index contributed by atoms with van der Waals surface area (Å²) in [6.07, 6.45) is 0. The minimum Gasteiger partial charge on any atom is -0.418 e. The molecule has 4 nitrogen and oxygen atoms in total. The summed E-state index contributed by atoms with van der Waals surface area (Å²) in [6.45, 7) is 0.0211. The van der Waals surface area contributed by atoms with E-state index in [1.165, 1.54) is 27.9 Å². The zero-order valence-corrected chi connectivity index (χ0v) is 15.6. The number of hydrogen-bond donors (Lipinski definition) is 2. The maximum absolute atomic E-state index is 7.61. The Morgan fingerprint density at radius 2 is 1.45 bits per heavy atom. The van der Waals surface area contributed by atoms with E-state index in [4.69, 9.17) is 5.53 Å². The van der Waals surface area contributed by atoms with Crippen LogP contribution in [0.25, 0.3) is 11.1 Å². The lowest BCUT2D eigenvalue weighted by atomic mass is 9.45. The fraction of sp³-hybridized carbons (Fsp3) is 0. The van der Waals surface area contributed by atoms with Crippen molar-refractivity contribution >= 4 is 46.2 Å². The van der Waals surface area contributed by atoms with Crippen LogP contribution in [0, 0.1) is 5.53 Å². The highest BCUT2D eigenvalue weighted by Crippen LogP contribution is 2.44. The molecule has 2 N–H and O–H groups in total. The number of benzene rings is 4. The fourth-order valence-electron chi connectivity index (χ4n) is 4.67. The molecule has 2 aliphatic rings. The van der Waals surface area contributed by atoms with E-state index < -0.39 is 0 Å². The average Bonchev–Trinajstić information content (AvgIpc) is 2.79. The predicted octanol–water partition coefficient (Wildman–Crippen LogP) is 5.33. The van der Waals surface area contributed by atoms with Crippen molar-refractivity contribution in [3.63, 3.8) is 0 Å². The van der Waals surface area contributed by atoms with Crippen molar-refractivity contribution in [1.29, 1.82) is 5.53 Å². The van der Waals surface area contributed by atoms with Crippen molar-refractivity contribution in [2.24, 2.45) is 5.11 Å². The maximum Gasteiger partial charge on any atom is 0.325 e. The first-order chi connectivity index (χ1) is 14.4. The lowest BCUT2D eigenvalue weighted by Gasteiger charge is -2.40. The van der Waals surface area contributed by atoms with Gasteiger partial charge in [0.1, 0.15) is 5.69 Å². The monoisotopic (exact) mass is 372 g/mol. The van der Waals surface area contributed by atoms with Gasteiger partial charge in [0.05, 0.1) is 5.69 Å². The second-order valence-corrected chi connectivity index (χ2v) is 7.36. The van der Waals surface area contributed by atoms with Crippen LogP contribution in [0.4, 0.5) is 28.4 Å². The van der Waals surface area contributed by atoms with E-state index >= 15 is 0 Å². The zero-order valence-electron chi connectivity index (χ0n) is 15.6. The van der Waals surface area contributed by atoms with Crippen molar-refractivity contribution in [3.8, 4) is 11.1 Å². The number of nitrogens with zero attached hydrogens (tertiary/aromatic N) is 2. The summed E-state index contributed by atoms with van der Waals surface area (Å²) in [5.41, 5.74) is 17.5. The molecule has 0 saturated heterocycles. The highest BCUT2D eigenvalue weighted by Gasteiger charge is 2.40. The first kappa shape index (κ1) is 16.1. The Kier molecular flexibility index (Phi) is 3.38. The molecule has 29 heavy (non-hydrogen) atoms. The zero-order chi connectivity index (χ0) is 19.4.